The van der Waals surface area contributed by atoms with Crippen LogP contribution in [-0.4, -0.2) is 17.4 Å². The number of rotatable bonds is 8. The lowest BCUT2D eigenvalue weighted by Crippen LogP contribution is -2.34. The zero-order chi connectivity index (χ0) is 22.4. The summed E-state index contributed by atoms with van der Waals surface area (Å²) < 4.78 is 38.8. The van der Waals surface area contributed by atoms with Crippen molar-refractivity contribution >= 4 is 17.5 Å². The molecule has 0 aliphatic heterocycles. The van der Waals surface area contributed by atoms with Crippen LogP contribution in [0.5, 0.6) is 0 Å². The molecule has 3 N–H and O–H groups in total. The maximum absolute atomic E-state index is 12.9. The third-order valence-electron chi connectivity index (χ3n) is 4.93. The predicted octanol–water partition coefficient (Wildman–Crippen LogP) is 5.09. The molecule has 0 saturated carbocycles. The average molecular weight is 448 g/mol. The van der Waals surface area contributed by atoms with Crippen molar-refractivity contribution in [3.63, 3.8) is 0 Å². The number of hydrogen-bond acceptors (Lipinski definition) is 3. The number of alkyl halides is 3. The van der Waals surface area contributed by atoms with Gasteiger partial charge in [0.2, 0.25) is 5.91 Å². The first-order valence-corrected chi connectivity index (χ1v) is 10.0. The van der Waals surface area contributed by atoms with Gasteiger partial charge in [0.25, 0.3) is 0 Å². The third kappa shape index (κ3) is 6.06. The van der Waals surface area contributed by atoms with Crippen LogP contribution in [-0.2, 0) is 11.0 Å². The first-order valence-electron chi connectivity index (χ1n) is 9.63. The molecular formula is C23H21ClF3N3O. The monoisotopic (exact) mass is 447 g/mol. The van der Waals surface area contributed by atoms with E-state index in [0.29, 0.717) is 29.4 Å². The molecule has 0 fully saturated rings. The van der Waals surface area contributed by atoms with E-state index in [4.69, 9.17) is 17.3 Å². The molecule has 3 rings (SSSR count). The molecule has 0 bridgehead atoms. The van der Waals surface area contributed by atoms with Gasteiger partial charge in [0, 0.05) is 11.6 Å². The zero-order valence-corrected chi connectivity index (χ0v) is 17.2. The van der Waals surface area contributed by atoms with Gasteiger partial charge >= 0.3 is 6.18 Å². The molecule has 2 aromatic carbocycles. The smallest absolute Gasteiger partial charge is 0.368 e. The van der Waals surface area contributed by atoms with Crippen LogP contribution in [0, 0.1) is 0 Å². The molecule has 8 heteroatoms. The highest BCUT2D eigenvalue weighted by molar-refractivity contribution is 6.29. The van der Waals surface area contributed by atoms with Crippen molar-refractivity contribution in [1.82, 2.24) is 10.3 Å². The number of nitrogens with two attached hydrogens (primary N) is 1. The summed E-state index contributed by atoms with van der Waals surface area (Å²) in [5, 5.41) is 3.43. The van der Waals surface area contributed by atoms with Crippen LogP contribution in [0.4, 0.5) is 13.2 Å². The lowest BCUT2D eigenvalue weighted by molar-refractivity contribution is -0.137. The lowest BCUT2D eigenvalue weighted by atomic mass is 9.91. The van der Waals surface area contributed by atoms with E-state index in [-0.39, 0.29) is 5.92 Å². The maximum Gasteiger partial charge on any atom is 0.416 e. The molecule has 0 aliphatic carbocycles. The van der Waals surface area contributed by atoms with E-state index in [9.17, 15) is 18.0 Å². The maximum atomic E-state index is 12.9. The van der Waals surface area contributed by atoms with E-state index < -0.39 is 23.7 Å². The molecule has 0 saturated heterocycles. The predicted molar refractivity (Wildman–Crippen MR) is 114 cm³/mol. The first-order chi connectivity index (χ1) is 14.8. The summed E-state index contributed by atoms with van der Waals surface area (Å²) in [6, 6.07) is 18.5. The van der Waals surface area contributed by atoms with Crippen LogP contribution in [0.15, 0.2) is 72.8 Å². The molecule has 3 aromatic rings. The van der Waals surface area contributed by atoms with Crippen molar-refractivity contribution in [2.75, 3.05) is 6.54 Å². The largest absolute Gasteiger partial charge is 0.416 e. The van der Waals surface area contributed by atoms with Gasteiger partial charge in [-0.25, -0.2) is 4.98 Å². The van der Waals surface area contributed by atoms with Crippen LogP contribution in [0.1, 0.15) is 40.8 Å². The van der Waals surface area contributed by atoms with E-state index in [1.165, 1.54) is 12.1 Å². The van der Waals surface area contributed by atoms with Crippen LogP contribution in [0.25, 0.3) is 0 Å². The highest BCUT2D eigenvalue weighted by Crippen LogP contribution is 2.33. The van der Waals surface area contributed by atoms with Gasteiger partial charge in [-0.1, -0.05) is 60.1 Å². The van der Waals surface area contributed by atoms with Crippen molar-refractivity contribution in [2.45, 2.75) is 24.6 Å². The lowest BCUT2D eigenvalue weighted by Gasteiger charge is -2.21. The molecule has 4 nitrogen and oxygen atoms in total. The topological polar surface area (TPSA) is 68.0 Å². The molecule has 0 radical (unpaired) electrons. The Kier molecular flexibility index (Phi) is 7.30. The standard InChI is InChI=1S/C23H21ClF3N3O/c24-20-8-4-7-19(30-20)18(15-9-11-17(12-10-15)23(25,26)27)13-14-29-21(22(28)31)16-5-2-1-3-6-16/h1-12,18,21,29H,13-14H2,(H2,28,31)/t18-,21+/m0/s1. The molecule has 2 atom stereocenters. The number of hydrogen-bond donors (Lipinski definition) is 2. The second kappa shape index (κ2) is 9.94. The van der Waals surface area contributed by atoms with Crippen molar-refractivity contribution in [2.24, 2.45) is 5.73 Å². The van der Waals surface area contributed by atoms with Gasteiger partial charge in [0.05, 0.1) is 5.56 Å². The number of aromatic nitrogens is 1. The zero-order valence-electron chi connectivity index (χ0n) is 16.4. The molecule has 1 aromatic heterocycles. The fourth-order valence-corrected chi connectivity index (χ4v) is 3.58. The second-order valence-corrected chi connectivity index (χ2v) is 7.43. The number of primary amides is 1. The Balaban J connectivity index is 1.81. The van der Waals surface area contributed by atoms with Gasteiger partial charge in [-0.05, 0) is 48.4 Å². The Morgan fingerprint density at radius 2 is 1.65 bits per heavy atom. The number of nitrogens with one attached hydrogen (secondary N) is 1. The highest BCUT2D eigenvalue weighted by Gasteiger charge is 2.30. The van der Waals surface area contributed by atoms with E-state index in [1.807, 2.05) is 18.2 Å². The number of carbonyl (C=O) groups excluding carboxylic acids is 1. The van der Waals surface area contributed by atoms with E-state index in [1.54, 1.807) is 30.3 Å². The Labute approximate surface area is 183 Å². The Morgan fingerprint density at radius 3 is 2.23 bits per heavy atom. The number of pyridine rings is 1. The SMILES string of the molecule is NC(=O)[C@H](NCC[C@@H](c1ccc(C(F)(F)F)cc1)c1cccc(Cl)n1)c1ccccc1. The summed E-state index contributed by atoms with van der Waals surface area (Å²) >= 11 is 6.03. The number of benzene rings is 2. The van der Waals surface area contributed by atoms with Crippen LogP contribution < -0.4 is 11.1 Å². The molecule has 1 heterocycles. The molecule has 0 spiro atoms. The fourth-order valence-electron chi connectivity index (χ4n) is 3.41. The summed E-state index contributed by atoms with van der Waals surface area (Å²) in [4.78, 5) is 16.3. The first kappa shape index (κ1) is 22.8. The van der Waals surface area contributed by atoms with Gasteiger partial charge in [0.15, 0.2) is 0 Å². The number of carbonyl (C=O) groups is 1. The quantitative estimate of drug-likeness (QED) is 0.472. The van der Waals surface area contributed by atoms with Crippen LogP contribution in [0.3, 0.4) is 0 Å². The highest BCUT2D eigenvalue weighted by atomic mass is 35.5. The minimum Gasteiger partial charge on any atom is -0.368 e. The fraction of sp³-hybridized carbons (Fsp3) is 0.217. The van der Waals surface area contributed by atoms with E-state index in [0.717, 1.165) is 17.7 Å². The van der Waals surface area contributed by atoms with Crippen molar-refractivity contribution in [3.8, 4) is 0 Å². The Hall–Kier alpha value is -2.90. The summed E-state index contributed by atoms with van der Waals surface area (Å²) in [7, 11) is 0. The number of nitrogens with zero attached hydrogens (tertiary/aromatic N) is 1. The Morgan fingerprint density at radius 1 is 0.968 bits per heavy atom. The van der Waals surface area contributed by atoms with Crippen LogP contribution in [0.2, 0.25) is 5.15 Å². The van der Waals surface area contributed by atoms with Crippen molar-refractivity contribution in [3.05, 3.63) is 100 Å². The van der Waals surface area contributed by atoms with Gasteiger partial charge in [-0.3, -0.25) is 4.79 Å². The van der Waals surface area contributed by atoms with Gasteiger partial charge in [-0.2, -0.15) is 13.2 Å². The number of halogens is 4. The normalized spacial score (nSPS) is 13.5. The third-order valence-corrected chi connectivity index (χ3v) is 5.14. The van der Waals surface area contributed by atoms with Gasteiger partial charge in [-0.15, -0.1) is 0 Å². The van der Waals surface area contributed by atoms with Crippen molar-refractivity contribution in [1.29, 1.82) is 0 Å². The summed E-state index contributed by atoms with van der Waals surface area (Å²) in [5.74, 6) is -0.837. The minimum absolute atomic E-state index is 0.293. The van der Waals surface area contributed by atoms with Gasteiger partial charge in [0.1, 0.15) is 11.2 Å². The van der Waals surface area contributed by atoms with Crippen molar-refractivity contribution < 1.29 is 18.0 Å². The summed E-state index contributed by atoms with van der Waals surface area (Å²) in [6.07, 6.45) is -3.94. The van der Waals surface area contributed by atoms with Crippen LogP contribution >= 0.6 is 11.6 Å². The average Bonchev–Trinajstić information content (AvgIpc) is 2.74. The molecule has 0 unspecified atom stereocenters. The minimum atomic E-state index is -4.41. The molecule has 0 aliphatic rings. The molecule has 1 amide bonds. The van der Waals surface area contributed by atoms with E-state index >= 15 is 0 Å². The molecular weight excluding hydrogens is 427 g/mol. The molecule has 31 heavy (non-hydrogen) atoms. The summed E-state index contributed by atoms with van der Waals surface area (Å²) in [6.45, 7) is 0.377. The number of amides is 1. The van der Waals surface area contributed by atoms with Gasteiger partial charge < -0.3 is 11.1 Å². The Bertz CT molecular complexity index is 1010. The van der Waals surface area contributed by atoms with E-state index in [2.05, 4.69) is 10.3 Å². The summed E-state index contributed by atoms with van der Waals surface area (Å²) in [5.41, 5.74) is 6.86. The molecule has 162 valence electrons. The second-order valence-electron chi connectivity index (χ2n) is 7.05.